The molecule has 0 aliphatic heterocycles. The van der Waals surface area contributed by atoms with Gasteiger partial charge in [-0.3, -0.25) is 4.79 Å². The molecule has 0 atom stereocenters. The van der Waals surface area contributed by atoms with E-state index in [-0.39, 0.29) is 13.0 Å². The minimum atomic E-state index is -0.774. The van der Waals surface area contributed by atoms with Crippen molar-refractivity contribution in [3.05, 3.63) is 29.8 Å². The van der Waals surface area contributed by atoms with E-state index in [9.17, 15) is 4.79 Å². The van der Waals surface area contributed by atoms with Crippen LogP contribution in [0.25, 0.3) is 0 Å². The molecule has 0 aliphatic carbocycles. The van der Waals surface area contributed by atoms with Crippen molar-refractivity contribution in [2.75, 3.05) is 13.2 Å². The molecule has 1 rings (SSSR count). The van der Waals surface area contributed by atoms with Gasteiger partial charge in [0.15, 0.2) is 6.61 Å². The van der Waals surface area contributed by atoms with Crippen LogP contribution < -0.4 is 10.1 Å². The maximum Gasteiger partial charge on any atom is 0.303 e. The fourth-order valence-corrected chi connectivity index (χ4v) is 1.46. The molecule has 5 heteroatoms. The van der Waals surface area contributed by atoms with Gasteiger partial charge in [0, 0.05) is 13.0 Å². The van der Waals surface area contributed by atoms with E-state index in [2.05, 4.69) is 5.32 Å². The molecule has 0 fully saturated rings. The topological polar surface area (TPSA) is 82.3 Å². The number of hydrogen-bond donors (Lipinski definition) is 2. The Kier molecular flexibility index (Phi) is 6.30. The van der Waals surface area contributed by atoms with Crippen LogP contribution in [-0.4, -0.2) is 24.2 Å². The fourth-order valence-electron chi connectivity index (χ4n) is 1.46. The summed E-state index contributed by atoms with van der Waals surface area (Å²) in [6.45, 7) is 1.36. The van der Waals surface area contributed by atoms with Crippen molar-refractivity contribution in [3.63, 3.8) is 0 Å². The van der Waals surface area contributed by atoms with Gasteiger partial charge in [0.1, 0.15) is 11.8 Å². The summed E-state index contributed by atoms with van der Waals surface area (Å²) in [6.07, 6.45) is 0.790. The second-order valence-corrected chi connectivity index (χ2v) is 3.77. The lowest BCUT2D eigenvalue weighted by molar-refractivity contribution is -0.137. The first-order valence-corrected chi connectivity index (χ1v) is 5.73. The Morgan fingerprint density at radius 1 is 1.50 bits per heavy atom. The Balaban J connectivity index is 2.29. The zero-order valence-electron chi connectivity index (χ0n) is 10.1. The van der Waals surface area contributed by atoms with Gasteiger partial charge in [-0.1, -0.05) is 12.1 Å². The highest BCUT2D eigenvalue weighted by molar-refractivity contribution is 5.66. The molecule has 1 aromatic carbocycles. The first kappa shape index (κ1) is 14.0. The Morgan fingerprint density at radius 2 is 2.33 bits per heavy atom. The van der Waals surface area contributed by atoms with E-state index >= 15 is 0 Å². The maximum absolute atomic E-state index is 10.3. The lowest BCUT2D eigenvalue weighted by Crippen LogP contribution is -2.15. The molecule has 0 saturated heterocycles. The lowest BCUT2D eigenvalue weighted by Gasteiger charge is -2.06. The summed E-state index contributed by atoms with van der Waals surface area (Å²) >= 11 is 0. The molecule has 0 radical (unpaired) electrons. The van der Waals surface area contributed by atoms with Crippen molar-refractivity contribution in [2.24, 2.45) is 0 Å². The van der Waals surface area contributed by atoms with Crippen LogP contribution in [0.15, 0.2) is 24.3 Å². The molecule has 18 heavy (non-hydrogen) atoms. The molecule has 0 amide bonds. The first-order valence-electron chi connectivity index (χ1n) is 5.73. The monoisotopic (exact) mass is 248 g/mol. The Labute approximate surface area is 106 Å². The number of rotatable bonds is 8. The molecule has 0 bridgehead atoms. The van der Waals surface area contributed by atoms with E-state index in [0.717, 1.165) is 5.56 Å². The predicted molar refractivity (Wildman–Crippen MR) is 66.1 cm³/mol. The summed E-state index contributed by atoms with van der Waals surface area (Å²) in [5, 5.41) is 20.0. The maximum atomic E-state index is 10.3. The largest absolute Gasteiger partial charge is 0.481 e. The summed E-state index contributed by atoms with van der Waals surface area (Å²) in [6, 6.07) is 9.38. The van der Waals surface area contributed by atoms with E-state index in [1.807, 2.05) is 24.3 Å². The number of aliphatic carboxylic acids is 1. The van der Waals surface area contributed by atoms with Crippen LogP contribution in [0, 0.1) is 11.3 Å². The molecule has 96 valence electrons. The number of benzene rings is 1. The van der Waals surface area contributed by atoms with Gasteiger partial charge in [-0.2, -0.15) is 5.26 Å². The minimum Gasteiger partial charge on any atom is -0.481 e. The van der Waals surface area contributed by atoms with E-state index < -0.39 is 5.97 Å². The fraction of sp³-hybridized carbons (Fsp3) is 0.385. The number of nitriles is 1. The van der Waals surface area contributed by atoms with Gasteiger partial charge in [-0.05, 0) is 30.7 Å². The molecule has 1 aromatic rings. The number of nitrogens with one attached hydrogen (secondary N) is 1. The second-order valence-electron chi connectivity index (χ2n) is 3.77. The van der Waals surface area contributed by atoms with Crippen molar-refractivity contribution in [1.29, 1.82) is 5.26 Å². The van der Waals surface area contributed by atoms with Crippen LogP contribution in [0.5, 0.6) is 5.75 Å². The Hall–Kier alpha value is -2.06. The molecule has 0 heterocycles. The average molecular weight is 248 g/mol. The van der Waals surface area contributed by atoms with Crippen molar-refractivity contribution in [2.45, 2.75) is 19.4 Å². The molecular formula is C13H16N2O3. The van der Waals surface area contributed by atoms with Crippen LogP contribution in [-0.2, 0) is 11.3 Å². The van der Waals surface area contributed by atoms with Gasteiger partial charge in [0.2, 0.25) is 0 Å². The first-order chi connectivity index (χ1) is 8.72. The van der Waals surface area contributed by atoms with Crippen LogP contribution in [0.4, 0.5) is 0 Å². The van der Waals surface area contributed by atoms with Crippen LogP contribution in [0.1, 0.15) is 18.4 Å². The smallest absolute Gasteiger partial charge is 0.303 e. The molecule has 0 aliphatic rings. The Bertz CT molecular complexity index is 426. The summed E-state index contributed by atoms with van der Waals surface area (Å²) < 4.78 is 5.19. The number of carbonyl (C=O) groups is 1. The summed E-state index contributed by atoms with van der Waals surface area (Å²) in [5.41, 5.74) is 1.04. The SMILES string of the molecule is N#CCOc1cccc(CNCCCC(=O)O)c1. The van der Waals surface area contributed by atoms with Crippen LogP contribution in [0.2, 0.25) is 0 Å². The van der Waals surface area contributed by atoms with Gasteiger partial charge < -0.3 is 15.2 Å². The molecule has 5 nitrogen and oxygen atoms in total. The Morgan fingerprint density at radius 3 is 3.06 bits per heavy atom. The zero-order chi connectivity index (χ0) is 13.2. The highest BCUT2D eigenvalue weighted by Gasteiger charge is 1.98. The highest BCUT2D eigenvalue weighted by Crippen LogP contribution is 2.12. The van der Waals surface area contributed by atoms with Gasteiger partial charge in [-0.25, -0.2) is 0 Å². The van der Waals surface area contributed by atoms with Gasteiger partial charge >= 0.3 is 5.97 Å². The number of ether oxygens (including phenoxy) is 1. The van der Waals surface area contributed by atoms with Crippen molar-refractivity contribution >= 4 is 5.97 Å². The van der Waals surface area contributed by atoms with Crippen LogP contribution >= 0.6 is 0 Å². The predicted octanol–water partition coefficient (Wildman–Crippen LogP) is 1.54. The summed E-state index contributed by atoms with van der Waals surface area (Å²) in [5.74, 6) is -0.106. The zero-order valence-corrected chi connectivity index (χ0v) is 10.1. The normalized spacial score (nSPS) is 9.72. The minimum absolute atomic E-state index is 0.0372. The highest BCUT2D eigenvalue weighted by atomic mass is 16.5. The van der Waals surface area contributed by atoms with E-state index in [4.69, 9.17) is 15.1 Å². The van der Waals surface area contributed by atoms with E-state index in [1.165, 1.54) is 0 Å². The summed E-state index contributed by atoms with van der Waals surface area (Å²) in [4.78, 5) is 10.3. The third-order valence-electron chi connectivity index (χ3n) is 2.28. The van der Waals surface area contributed by atoms with Crippen molar-refractivity contribution < 1.29 is 14.6 Å². The van der Waals surface area contributed by atoms with Gasteiger partial charge in [-0.15, -0.1) is 0 Å². The molecule has 0 unspecified atom stereocenters. The van der Waals surface area contributed by atoms with E-state index in [0.29, 0.717) is 25.3 Å². The summed E-state index contributed by atoms with van der Waals surface area (Å²) in [7, 11) is 0. The third kappa shape index (κ3) is 5.87. The lowest BCUT2D eigenvalue weighted by atomic mass is 10.2. The van der Waals surface area contributed by atoms with E-state index in [1.54, 1.807) is 6.07 Å². The average Bonchev–Trinajstić information content (AvgIpc) is 2.36. The molecule has 0 aromatic heterocycles. The third-order valence-corrected chi connectivity index (χ3v) is 2.28. The van der Waals surface area contributed by atoms with Gasteiger partial charge in [0.05, 0.1) is 0 Å². The number of carboxylic acid groups (broad SMARTS) is 1. The molecule has 0 spiro atoms. The second kappa shape index (κ2) is 8.09. The number of hydrogen-bond acceptors (Lipinski definition) is 4. The number of nitrogens with zero attached hydrogens (tertiary/aromatic N) is 1. The van der Waals surface area contributed by atoms with Crippen molar-refractivity contribution in [1.82, 2.24) is 5.32 Å². The standard InChI is InChI=1S/C13H16N2O3/c14-6-8-18-12-4-1-3-11(9-12)10-15-7-2-5-13(16)17/h1,3-4,9,15H,2,5,7-8,10H2,(H,16,17). The molecule has 0 saturated carbocycles. The molecular weight excluding hydrogens is 232 g/mol. The number of carboxylic acids is 1. The molecule has 2 N–H and O–H groups in total. The van der Waals surface area contributed by atoms with Gasteiger partial charge in [0.25, 0.3) is 0 Å². The van der Waals surface area contributed by atoms with Crippen LogP contribution in [0.3, 0.4) is 0 Å². The quantitative estimate of drug-likeness (QED) is 0.682. The van der Waals surface area contributed by atoms with Crippen molar-refractivity contribution in [3.8, 4) is 11.8 Å².